The lowest BCUT2D eigenvalue weighted by Gasteiger charge is -2.33. The summed E-state index contributed by atoms with van der Waals surface area (Å²) in [6.07, 6.45) is 1.93. The highest BCUT2D eigenvalue weighted by molar-refractivity contribution is 9.10. The van der Waals surface area contributed by atoms with E-state index in [1.165, 1.54) is 5.56 Å². The van der Waals surface area contributed by atoms with E-state index in [1.807, 2.05) is 36.5 Å². The largest absolute Gasteiger partial charge is 0.295 e. The van der Waals surface area contributed by atoms with Crippen molar-refractivity contribution in [3.63, 3.8) is 0 Å². The monoisotopic (exact) mass is 391 g/mol. The Kier molecular flexibility index (Phi) is 5.70. The van der Waals surface area contributed by atoms with Gasteiger partial charge in [-0.1, -0.05) is 57.9 Å². The van der Waals surface area contributed by atoms with Crippen LogP contribution in [0.1, 0.15) is 11.1 Å². The van der Waals surface area contributed by atoms with Crippen molar-refractivity contribution in [2.75, 3.05) is 26.2 Å². The molecular formula is C18H19BrClN3. The molecule has 5 heteroatoms. The summed E-state index contributed by atoms with van der Waals surface area (Å²) in [5.41, 5.74) is 2.30. The maximum absolute atomic E-state index is 6.24. The molecule has 0 amide bonds. The second kappa shape index (κ2) is 7.95. The molecule has 0 radical (unpaired) electrons. The molecule has 3 nitrogen and oxygen atoms in total. The minimum absolute atomic E-state index is 0.850. The lowest BCUT2D eigenvalue weighted by molar-refractivity contribution is 0.131. The maximum Gasteiger partial charge on any atom is 0.0543 e. The van der Waals surface area contributed by atoms with Gasteiger partial charge in [0.15, 0.2) is 0 Å². The zero-order valence-electron chi connectivity index (χ0n) is 12.8. The topological polar surface area (TPSA) is 18.8 Å². The second-order valence-corrected chi connectivity index (χ2v) is 6.94. The average Bonchev–Trinajstić information content (AvgIpc) is 2.56. The first-order chi connectivity index (χ1) is 11.2. The highest BCUT2D eigenvalue weighted by Crippen LogP contribution is 2.18. The number of benzene rings is 2. The first-order valence-corrected chi connectivity index (χ1v) is 8.88. The molecule has 0 aromatic heterocycles. The van der Waals surface area contributed by atoms with Gasteiger partial charge >= 0.3 is 0 Å². The van der Waals surface area contributed by atoms with Crippen LogP contribution >= 0.6 is 27.5 Å². The Balaban J connectivity index is 1.51. The number of nitrogens with zero attached hydrogens (tertiary/aromatic N) is 3. The van der Waals surface area contributed by atoms with Gasteiger partial charge in [-0.3, -0.25) is 9.91 Å². The fraction of sp³-hybridized carbons (Fsp3) is 0.278. The van der Waals surface area contributed by atoms with Crippen LogP contribution in [0.5, 0.6) is 0 Å². The molecule has 0 saturated carbocycles. The molecule has 1 heterocycles. The van der Waals surface area contributed by atoms with Gasteiger partial charge in [-0.2, -0.15) is 5.10 Å². The van der Waals surface area contributed by atoms with Gasteiger partial charge in [-0.25, -0.2) is 0 Å². The van der Waals surface area contributed by atoms with Gasteiger partial charge in [-0.05, 0) is 29.3 Å². The van der Waals surface area contributed by atoms with Crippen LogP contribution in [0.25, 0.3) is 0 Å². The van der Waals surface area contributed by atoms with Crippen molar-refractivity contribution in [3.05, 3.63) is 69.2 Å². The zero-order chi connectivity index (χ0) is 16.1. The molecule has 1 fully saturated rings. The summed E-state index contributed by atoms with van der Waals surface area (Å²) in [6.45, 7) is 4.79. The second-order valence-electron chi connectivity index (χ2n) is 5.62. The molecule has 0 spiro atoms. The van der Waals surface area contributed by atoms with Crippen molar-refractivity contribution in [2.45, 2.75) is 6.54 Å². The fourth-order valence-corrected chi connectivity index (χ4v) is 3.23. The molecule has 3 rings (SSSR count). The standard InChI is InChI=1S/C18H19BrClN3/c19-17-6-3-4-15(12-17)13-21-23-10-8-22(9-11-23)14-16-5-1-2-7-18(16)20/h1-7,12-13H,8-11,14H2. The SMILES string of the molecule is Clc1ccccc1CN1CCN(N=Cc2cccc(Br)c2)CC1. The van der Waals surface area contributed by atoms with Crippen LogP contribution < -0.4 is 0 Å². The summed E-state index contributed by atoms with van der Waals surface area (Å²) in [4.78, 5) is 2.42. The van der Waals surface area contributed by atoms with Crippen molar-refractivity contribution in [1.29, 1.82) is 0 Å². The van der Waals surface area contributed by atoms with E-state index < -0.39 is 0 Å². The third kappa shape index (κ3) is 4.80. The van der Waals surface area contributed by atoms with Gasteiger partial charge in [-0.15, -0.1) is 0 Å². The van der Waals surface area contributed by atoms with Crippen molar-refractivity contribution < 1.29 is 0 Å². The highest BCUT2D eigenvalue weighted by atomic mass is 79.9. The molecule has 1 aliphatic rings. The summed E-state index contributed by atoms with van der Waals surface area (Å²) in [7, 11) is 0. The molecule has 1 saturated heterocycles. The number of rotatable bonds is 4. The molecule has 0 atom stereocenters. The van der Waals surface area contributed by atoms with Crippen LogP contribution in [0.2, 0.25) is 5.02 Å². The first-order valence-electron chi connectivity index (χ1n) is 7.71. The van der Waals surface area contributed by atoms with Crippen molar-refractivity contribution in [2.24, 2.45) is 5.10 Å². The predicted molar refractivity (Wildman–Crippen MR) is 100 cm³/mol. The van der Waals surface area contributed by atoms with E-state index in [0.717, 1.165) is 47.8 Å². The van der Waals surface area contributed by atoms with E-state index in [2.05, 4.69) is 49.1 Å². The van der Waals surface area contributed by atoms with Gasteiger partial charge in [0, 0.05) is 42.2 Å². The van der Waals surface area contributed by atoms with E-state index in [1.54, 1.807) is 0 Å². The third-order valence-electron chi connectivity index (χ3n) is 3.92. The summed E-state index contributed by atoms with van der Waals surface area (Å²) in [5, 5.41) is 7.57. The van der Waals surface area contributed by atoms with Gasteiger partial charge in [0.05, 0.1) is 6.21 Å². The van der Waals surface area contributed by atoms with E-state index in [4.69, 9.17) is 11.6 Å². The number of hydrogen-bond acceptors (Lipinski definition) is 3. The minimum atomic E-state index is 0.850. The first kappa shape index (κ1) is 16.5. The molecule has 0 bridgehead atoms. The molecule has 2 aromatic carbocycles. The van der Waals surface area contributed by atoms with E-state index in [0.29, 0.717) is 0 Å². The van der Waals surface area contributed by atoms with Gasteiger partial charge in [0.2, 0.25) is 0 Å². The van der Waals surface area contributed by atoms with E-state index >= 15 is 0 Å². The smallest absolute Gasteiger partial charge is 0.0543 e. The van der Waals surface area contributed by atoms with E-state index in [-0.39, 0.29) is 0 Å². The number of piperazine rings is 1. The van der Waals surface area contributed by atoms with Gasteiger partial charge in [0.1, 0.15) is 0 Å². The normalized spacial score (nSPS) is 16.2. The molecule has 120 valence electrons. The van der Waals surface area contributed by atoms with Crippen LogP contribution in [-0.2, 0) is 6.54 Å². The van der Waals surface area contributed by atoms with Crippen LogP contribution in [-0.4, -0.2) is 42.3 Å². The Bertz CT molecular complexity index is 681. The van der Waals surface area contributed by atoms with E-state index in [9.17, 15) is 0 Å². The average molecular weight is 393 g/mol. The Hall–Kier alpha value is -1.36. The molecule has 1 aliphatic heterocycles. The van der Waals surface area contributed by atoms with Crippen LogP contribution in [0.3, 0.4) is 0 Å². The molecular weight excluding hydrogens is 374 g/mol. The van der Waals surface area contributed by atoms with Crippen LogP contribution in [0.15, 0.2) is 58.1 Å². The lowest BCUT2D eigenvalue weighted by atomic mass is 10.2. The lowest BCUT2D eigenvalue weighted by Crippen LogP contribution is -2.43. The van der Waals surface area contributed by atoms with Crippen molar-refractivity contribution in [3.8, 4) is 0 Å². The Labute approximate surface area is 150 Å². The predicted octanol–water partition coefficient (Wildman–Crippen LogP) is 4.25. The number of halogens is 2. The minimum Gasteiger partial charge on any atom is -0.295 e. The fourth-order valence-electron chi connectivity index (χ4n) is 2.61. The van der Waals surface area contributed by atoms with Gasteiger partial charge in [0.25, 0.3) is 0 Å². The molecule has 0 N–H and O–H groups in total. The number of hydrogen-bond donors (Lipinski definition) is 0. The molecule has 23 heavy (non-hydrogen) atoms. The summed E-state index contributed by atoms with van der Waals surface area (Å²) >= 11 is 9.72. The summed E-state index contributed by atoms with van der Waals surface area (Å²) in [5.74, 6) is 0. The van der Waals surface area contributed by atoms with Gasteiger partial charge < -0.3 is 0 Å². The summed E-state index contributed by atoms with van der Waals surface area (Å²) < 4.78 is 1.08. The molecule has 0 aliphatic carbocycles. The van der Waals surface area contributed by atoms with Crippen molar-refractivity contribution in [1.82, 2.24) is 9.91 Å². The third-order valence-corrected chi connectivity index (χ3v) is 4.78. The Morgan fingerprint density at radius 3 is 2.57 bits per heavy atom. The van der Waals surface area contributed by atoms with Crippen LogP contribution in [0, 0.1) is 0 Å². The Morgan fingerprint density at radius 1 is 1.04 bits per heavy atom. The Morgan fingerprint density at radius 2 is 1.83 bits per heavy atom. The summed E-state index contributed by atoms with van der Waals surface area (Å²) in [6, 6.07) is 16.2. The van der Waals surface area contributed by atoms with Crippen molar-refractivity contribution >= 4 is 33.7 Å². The maximum atomic E-state index is 6.24. The molecule has 2 aromatic rings. The van der Waals surface area contributed by atoms with Crippen LogP contribution in [0.4, 0.5) is 0 Å². The molecule has 0 unspecified atom stereocenters. The number of hydrazone groups is 1. The zero-order valence-corrected chi connectivity index (χ0v) is 15.2. The highest BCUT2D eigenvalue weighted by Gasteiger charge is 2.16. The quantitative estimate of drug-likeness (QED) is 0.724.